The Bertz CT molecular complexity index is 1330. The molecular formula is C26H23N2O2PS. The summed E-state index contributed by atoms with van der Waals surface area (Å²) < 4.78 is 6.55. The van der Waals surface area contributed by atoms with Crippen LogP contribution >= 0.6 is 6.26 Å². The molecule has 0 aromatic heterocycles. The molecule has 2 aliphatic rings. The Morgan fingerprint density at radius 2 is 1.50 bits per heavy atom. The molecule has 4 nitrogen and oxygen atoms in total. The largest absolute Gasteiger partial charge is 0.439 e. The molecule has 0 saturated heterocycles. The molecule has 0 radical (unpaired) electrons. The second-order valence-electron chi connectivity index (χ2n) is 8.46. The van der Waals surface area contributed by atoms with Crippen LogP contribution in [-0.4, -0.2) is 18.9 Å². The number of amides is 1. The van der Waals surface area contributed by atoms with Crippen molar-refractivity contribution in [2.24, 2.45) is 4.99 Å². The number of carbonyl (C=O) groups is 1. The average molecular weight is 459 g/mol. The van der Waals surface area contributed by atoms with Crippen molar-refractivity contribution in [3.05, 3.63) is 107 Å². The van der Waals surface area contributed by atoms with E-state index in [9.17, 15) is 4.79 Å². The number of hydrogen-bond donors (Lipinski definition) is 0. The van der Waals surface area contributed by atoms with E-state index in [1.807, 2.05) is 79.8 Å². The van der Waals surface area contributed by atoms with Gasteiger partial charge in [0.2, 0.25) is 5.90 Å². The molecule has 3 aromatic rings. The lowest BCUT2D eigenvalue weighted by Gasteiger charge is -2.34. The van der Waals surface area contributed by atoms with E-state index in [1.54, 1.807) is 0 Å². The van der Waals surface area contributed by atoms with Crippen LogP contribution in [0.2, 0.25) is 0 Å². The van der Waals surface area contributed by atoms with Crippen molar-refractivity contribution in [1.29, 1.82) is 0 Å². The molecule has 0 spiro atoms. The van der Waals surface area contributed by atoms with E-state index in [4.69, 9.17) is 16.3 Å². The third kappa shape index (κ3) is 3.08. The number of likely N-dealkylation sites (N-methyl/N-ethyl adjacent to an activating group) is 1. The Balaban J connectivity index is 1.80. The fraction of sp³-hybridized carbons (Fsp3) is 0.154. The van der Waals surface area contributed by atoms with Crippen LogP contribution < -0.4 is 10.2 Å². The quantitative estimate of drug-likeness (QED) is 0.384. The van der Waals surface area contributed by atoms with Crippen molar-refractivity contribution in [3.63, 3.8) is 0 Å². The van der Waals surface area contributed by atoms with Gasteiger partial charge >= 0.3 is 0 Å². The smallest absolute Gasteiger partial charge is 0.286 e. The third-order valence-corrected chi connectivity index (χ3v) is 9.93. The molecule has 0 aliphatic carbocycles. The van der Waals surface area contributed by atoms with Gasteiger partial charge < -0.3 is 9.42 Å². The van der Waals surface area contributed by atoms with Gasteiger partial charge in [-0.05, 0) is 35.6 Å². The highest BCUT2D eigenvalue weighted by Crippen LogP contribution is 2.62. The van der Waals surface area contributed by atoms with Crippen molar-refractivity contribution in [2.75, 3.05) is 11.9 Å². The average Bonchev–Trinajstić information content (AvgIpc) is 3.01. The minimum atomic E-state index is -2.96. The first kappa shape index (κ1) is 20.9. The van der Waals surface area contributed by atoms with E-state index in [1.165, 1.54) is 0 Å². The number of rotatable bonds is 2. The van der Waals surface area contributed by atoms with Crippen LogP contribution in [0.5, 0.6) is 0 Å². The van der Waals surface area contributed by atoms with Crippen LogP contribution in [-0.2, 0) is 26.5 Å². The van der Waals surface area contributed by atoms with Crippen molar-refractivity contribution >= 4 is 40.9 Å². The highest BCUT2D eigenvalue weighted by atomic mass is 32.4. The SMILES string of the molecule is CN1/C(=C2\C(=O)N=C(c3ccccc3)OP2(=S)c2ccccc2)C(C)(C)c2ccccc21. The highest BCUT2D eigenvalue weighted by Gasteiger charge is 2.48. The van der Waals surface area contributed by atoms with E-state index in [0.29, 0.717) is 11.2 Å². The maximum absolute atomic E-state index is 13.7. The van der Waals surface area contributed by atoms with Gasteiger partial charge in [0.1, 0.15) is 5.31 Å². The van der Waals surface area contributed by atoms with Gasteiger partial charge in [-0.25, -0.2) is 0 Å². The Hall–Kier alpha value is -3.01. The summed E-state index contributed by atoms with van der Waals surface area (Å²) in [7, 11) is 1.99. The summed E-state index contributed by atoms with van der Waals surface area (Å²) in [6.07, 6.45) is -2.96. The number of carbonyl (C=O) groups excluding carboxylic acids is 1. The van der Waals surface area contributed by atoms with Crippen LogP contribution in [0.1, 0.15) is 25.0 Å². The summed E-state index contributed by atoms with van der Waals surface area (Å²) in [6, 6.07) is 27.4. The summed E-state index contributed by atoms with van der Waals surface area (Å²) in [5.74, 6) is -0.0203. The first-order valence-corrected chi connectivity index (χ1v) is 13.2. The predicted octanol–water partition coefficient (Wildman–Crippen LogP) is 5.35. The van der Waals surface area contributed by atoms with E-state index in [-0.39, 0.29) is 5.91 Å². The predicted molar refractivity (Wildman–Crippen MR) is 134 cm³/mol. The monoisotopic (exact) mass is 458 g/mol. The van der Waals surface area contributed by atoms with Crippen molar-refractivity contribution in [3.8, 4) is 0 Å². The molecule has 0 saturated carbocycles. The lowest BCUT2D eigenvalue weighted by atomic mass is 9.83. The molecule has 0 bridgehead atoms. The molecule has 1 unspecified atom stereocenters. The number of nitrogens with zero attached hydrogens (tertiary/aromatic N) is 2. The van der Waals surface area contributed by atoms with Crippen molar-refractivity contribution < 1.29 is 9.32 Å². The van der Waals surface area contributed by atoms with Gasteiger partial charge in [0, 0.05) is 34.7 Å². The second-order valence-corrected chi connectivity index (χ2v) is 12.3. The minimum Gasteiger partial charge on any atom is -0.439 e. The zero-order valence-electron chi connectivity index (χ0n) is 18.1. The van der Waals surface area contributed by atoms with Crippen LogP contribution in [0.15, 0.2) is 101 Å². The number of fused-ring (bicyclic) bond motifs is 1. The molecule has 160 valence electrons. The Morgan fingerprint density at radius 1 is 0.906 bits per heavy atom. The van der Waals surface area contributed by atoms with Crippen LogP contribution in [0.3, 0.4) is 0 Å². The molecular weight excluding hydrogens is 435 g/mol. The number of allylic oxidation sites excluding steroid dienone is 1. The summed E-state index contributed by atoms with van der Waals surface area (Å²) in [6.45, 7) is 4.26. The fourth-order valence-electron chi connectivity index (χ4n) is 4.62. The number of benzene rings is 3. The lowest BCUT2D eigenvalue weighted by Crippen LogP contribution is -2.31. The second kappa shape index (κ2) is 7.54. The Kier molecular flexibility index (Phi) is 4.92. The molecule has 0 N–H and O–H groups in total. The van der Waals surface area contributed by atoms with Crippen LogP contribution in [0.25, 0.3) is 0 Å². The highest BCUT2D eigenvalue weighted by molar-refractivity contribution is 8.18. The molecule has 1 atom stereocenters. The van der Waals surface area contributed by atoms with Gasteiger partial charge in [-0.3, -0.25) is 4.79 Å². The van der Waals surface area contributed by atoms with Gasteiger partial charge in [-0.15, -0.1) is 0 Å². The number of para-hydroxylation sites is 1. The summed E-state index contributed by atoms with van der Waals surface area (Å²) >= 11 is 6.30. The number of aliphatic imine (C=N–C) groups is 1. The summed E-state index contributed by atoms with van der Waals surface area (Å²) in [4.78, 5) is 20.2. The molecule has 1 amide bonds. The van der Waals surface area contributed by atoms with Crippen LogP contribution in [0, 0.1) is 0 Å². The maximum Gasteiger partial charge on any atom is 0.286 e. The van der Waals surface area contributed by atoms with Gasteiger partial charge in [0.05, 0.1) is 0 Å². The molecule has 0 fully saturated rings. The zero-order chi connectivity index (χ0) is 22.5. The zero-order valence-corrected chi connectivity index (χ0v) is 19.9. The molecule has 3 aromatic carbocycles. The third-order valence-electron chi connectivity index (χ3n) is 6.12. The van der Waals surface area contributed by atoms with Gasteiger partial charge in [0.25, 0.3) is 5.91 Å². The van der Waals surface area contributed by atoms with E-state index >= 15 is 0 Å². The fourth-order valence-corrected chi connectivity index (χ4v) is 8.11. The maximum atomic E-state index is 13.7. The van der Waals surface area contributed by atoms with Gasteiger partial charge in [-0.1, -0.05) is 80.6 Å². The van der Waals surface area contributed by atoms with Crippen molar-refractivity contribution in [1.82, 2.24) is 0 Å². The molecule has 32 heavy (non-hydrogen) atoms. The molecule has 5 rings (SSSR count). The molecule has 2 heterocycles. The Labute approximate surface area is 193 Å². The Morgan fingerprint density at radius 3 is 2.16 bits per heavy atom. The van der Waals surface area contributed by atoms with E-state index in [0.717, 1.165) is 27.8 Å². The normalized spacial score (nSPS) is 24.0. The first-order valence-electron chi connectivity index (χ1n) is 10.5. The topological polar surface area (TPSA) is 41.9 Å². The van der Waals surface area contributed by atoms with E-state index in [2.05, 4.69) is 35.9 Å². The summed E-state index contributed by atoms with van der Waals surface area (Å²) in [5, 5.41) is 1.34. The number of anilines is 1. The molecule has 2 aliphatic heterocycles. The number of hydrogen-bond acceptors (Lipinski definition) is 4. The minimum absolute atomic E-state index is 0.295. The van der Waals surface area contributed by atoms with Gasteiger partial charge in [-0.2, -0.15) is 4.99 Å². The van der Waals surface area contributed by atoms with Gasteiger partial charge in [0.15, 0.2) is 6.26 Å². The van der Waals surface area contributed by atoms with Crippen molar-refractivity contribution in [2.45, 2.75) is 19.3 Å². The lowest BCUT2D eigenvalue weighted by molar-refractivity contribution is -0.114. The standard InChI is InChI=1S/C26H23N2O2PS/c1-26(2)20-16-10-11-17-21(20)28(3)23(26)22-24(29)27-25(18-12-6-4-7-13-18)30-31(22,32)19-14-8-5-9-15-19/h4-17H,1-3H3/b23-22+. The summed E-state index contributed by atoms with van der Waals surface area (Å²) in [5.41, 5.74) is 3.42. The first-order chi connectivity index (χ1) is 15.3. The molecule has 6 heteroatoms. The van der Waals surface area contributed by atoms with E-state index < -0.39 is 11.7 Å². The van der Waals surface area contributed by atoms with Crippen LogP contribution in [0.4, 0.5) is 5.69 Å².